The van der Waals surface area contributed by atoms with Gasteiger partial charge < -0.3 is 9.64 Å². The Morgan fingerprint density at radius 1 is 1.18 bits per heavy atom. The first-order valence-electron chi connectivity index (χ1n) is 8.25. The average molecular weight is 302 g/mol. The van der Waals surface area contributed by atoms with E-state index in [-0.39, 0.29) is 5.54 Å². The molecule has 0 aromatic heterocycles. The Bertz CT molecular complexity index is 524. The molecule has 2 aliphatic rings. The highest BCUT2D eigenvalue weighted by molar-refractivity contribution is 5.77. The Morgan fingerprint density at radius 2 is 1.91 bits per heavy atom. The summed E-state index contributed by atoms with van der Waals surface area (Å²) < 4.78 is 5.22. The summed E-state index contributed by atoms with van der Waals surface area (Å²) in [4.78, 5) is 16.6. The number of hydrogen-bond acceptors (Lipinski definition) is 3. The van der Waals surface area contributed by atoms with Crippen molar-refractivity contribution >= 4 is 5.91 Å². The molecule has 3 rings (SSSR count). The molecule has 4 nitrogen and oxygen atoms in total. The largest absolute Gasteiger partial charge is 0.497 e. The van der Waals surface area contributed by atoms with Crippen LogP contribution >= 0.6 is 0 Å². The number of hydrogen-bond donors (Lipinski definition) is 0. The molecule has 22 heavy (non-hydrogen) atoms. The molecule has 0 radical (unpaired) electrons. The maximum atomic E-state index is 12.1. The second-order valence-corrected chi connectivity index (χ2v) is 6.69. The topological polar surface area (TPSA) is 32.8 Å². The van der Waals surface area contributed by atoms with Crippen molar-refractivity contribution in [3.05, 3.63) is 29.8 Å². The number of rotatable bonds is 3. The summed E-state index contributed by atoms with van der Waals surface area (Å²) in [7, 11) is 3.69. The van der Waals surface area contributed by atoms with Gasteiger partial charge in [-0.3, -0.25) is 9.69 Å². The summed E-state index contributed by atoms with van der Waals surface area (Å²) in [5.74, 6) is 1.22. The van der Waals surface area contributed by atoms with E-state index in [1.807, 2.05) is 24.1 Å². The highest BCUT2D eigenvalue weighted by atomic mass is 16.5. The fourth-order valence-electron chi connectivity index (χ4n) is 3.98. The molecule has 4 heteroatoms. The molecule has 0 N–H and O–H groups in total. The fraction of sp³-hybridized carbons (Fsp3) is 0.611. The van der Waals surface area contributed by atoms with E-state index in [0.29, 0.717) is 5.91 Å². The second-order valence-electron chi connectivity index (χ2n) is 6.69. The van der Waals surface area contributed by atoms with Gasteiger partial charge in [0.2, 0.25) is 5.91 Å². The first kappa shape index (κ1) is 15.3. The van der Waals surface area contributed by atoms with Crippen LogP contribution in [-0.2, 0) is 11.3 Å². The minimum atomic E-state index is 0.0695. The van der Waals surface area contributed by atoms with Crippen molar-refractivity contribution in [2.75, 3.05) is 27.2 Å². The average Bonchev–Trinajstić information content (AvgIpc) is 2.54. The Hall–Kier alpha value is -1.55. The summed E-state index contributed by atoms with van der Waals surface area (Å²) in [5.41, 5.74) is 1.38. The maximum Gasteiger partial charge on any atom is 0.222 e. The van der Waals surface area contributed by atoms with Crippen molar-refractivity contribution in [2.24, 2.45) is 0 Å². The lowest BCUT2D eigenvalue weighted by atomic mass is 9.80. The zero-order valence-corrected chi connectivity index (χ0v) is 13.7. The number of likely N-dealkylation sites (tertiary alicyclic amines) is 2. The van der Waals surface area contributed by atoms with Crippen molar-refractivity contribution in [3.8, 4) is 5.75 Å². The molecule has 2 heterocycles. The summed E-state index contributed by atoms with van der Waals surface area (Å²) >= 11 is 0. The van der Waals surface area contributed by atoms with Crippen LogP contribution in [0, 0.1) is 0 Å². The van der Waals surface area contributed by atoms with Crippen LogP contribution in [0.15, 0.2) is 24.3 Å². The molecule has 2 fully saturated rings. The lowest BCUT2D eigenvalue weighted by Crippen LogP contribution is -2.60. The molecule has 1 aromatic rings. The number of likely N-dealkylation sites (N-methyl/N-ethyl adjacent to an activating group) is 1. The summed E-state index contributed by atoms with van der Waals surface area (Å²) in [5, 5.41) is 0. The molecule has 1 amide bonds. The van der Waals surface area contributed by atoms with Crippen LogP contribution in [-0.4, -0.2) is 48.5 Å². The number of nitrogens with zero attached hydrogens (tertiary/aromatic N) is 2. The molecule has 0 aliphatic carbocycles. The van der Waals surface area contributed by atoms with Gasteiger partial charge in [0.15, 0.2) is 0 Å². The van der Waals surface area contributed by atoms with Crippen molar-refractivity contribution in [2.45, 2.75) is 44.2 Å². The van der Waals surface area contributed by atoms with Gasteiger partial charge in [0.1, 0.15) is 5.75 Å². The molecule has 1 atom stereocenters. The number of carbonyl (C=O) groups is 1. The number of carbonyl (C=O) groups excluding carboxylic acids is 1. The predicted octanol–water partition coefficient (Wildman–Crippen LogP) is 2.67. The van der Waals surface area contributed by atoms with Gasteiger partial charge in [-0.05, 0) is 49.9 Å². The minimum Gasteiger partial charge on any atom is -0.497 e. The molecule has 0 unspecified atom stereocenters. The molecule has 2 aliphatic heterocycles. The Kier molecular flexibility index (Phi) is 4.39. The van der Waals surface area contributed by atoms with Gasteiger partial charge in [0.25, 0.3) is 0 Å². The van der Waals surface area contributed by atoms with Crippen LogP contribution in [0.1, 0.15) is 37.7 Å². The first-order chi connectivity index (χ1) is 10.6. The molecule has 2 saturated heterocycles. The fourth-order valence-corrected chi connectivity index (χ4v) is 3.98. The number of amides is 1. The van der Waals surface area contributed by atoms with Gasteiger partial charge in [-0.2, -0.15) is 0 Å². The quantitative estimate of drug-likeness (QED) is 0.860. The third kappa shape index (κ3) is 2.98. The molecule has 0 bridgehead atoms. The highest BCUT2D eigenvalue weighted by Gasteiger charge is 2.42. The van der Waals surface area contributed by atoms with Crippen LogP contribution in [0.5, 0.6) is 5.75 Å². The third-order valence-electron chi connectivity index (χ3n) is 5.32. The summed E-state index contributed by atoms with van der Waals surface area (Å²) in [6.07, 6.45) is 5.23. The van der Waals surface area contributed by atoms with Crippen LogP contribution in [0.2, 0.25) is 0 Å². The van der Waals surface area contributed by atoms with Gasteiger partial charge in [-0.25, -0.2) is 0 Å². The van der Waals surface area contributed by atoms with E-state index in [4.69, 9.17) is 4.74 Å². The summed E-state index contributed by atoms with van der Waals surface area (Å²) in [6, 6.07) is 8.31. The van der Waals surface area contributed by atoms with Crippen LogP contribution in [0.25, 0.3) is 0 Å². The van der Waals surface area contributed by atoms with E-state index >= 15 is 0 Å². The Labute approximate surface area is 133 Å². The molecule has 0 saturated carbocycles. The smallest absolute Gasteiger partial charge is 0.222 e. The highest BCUT2D eigenvalue weighted by Crippen LogP contribution is 2.36. The van der Waals surface area contributed by atoms with Crippen LogP contribution < -0.4 is 4.74 Å². The van der Waals surface area contributed by atoms with Gasteiger partial charge >= 0.3 is 0 Å². The van der Waals surface area contributed by atoms with Gasteiger partial charge in [-0.15, -0.1) is 0 Å². The molecular weight excluding hydrogens is 276 g/mol. The molecular formula is C18H26N2O2. The molecule has 1 spiro atoms. The monoisotopic (exact) mass is 302 g/mol. The van der Waals surface area contributed by atoms with Crippen molar-refractivity contribution in [3.63, 3.8) is 0 Å². The number of benzene rings is 1. The Balaban J connectivity index is 1.68. The van der Waals surface area contributed by atoms with E-state index in [0.717, 1.165) is 51.1 Å². The lowest BCUT2D eigenvalue weighted by Gasteiger charge is -2.50. The third-order valence-corrected chi connectivity index (χ3v) is 5.32. The van der Waals surface area contributed by atoms with E-state index in [1.165, 1.54) is 12.0 Å². The van der Waals surface area contributed by atoms with Gasteiger partial charge in [-0.1, -0.05) is 12.1 Å². The number of methoxy groups -OCH3 is 1. The predicted molar refractivity (Wildman–Crippen MR) is 86.9 cm³/mol. The zero-order chi connectivity index (χ0) is 15.6. The van der Waals surface area contributed by atoms with Crippen molar-refractivity contribution < 1.29 is 9.53 Å². The lowest BCUT2D eigenvalue weighted by molar-refractivity contribution is -0.142. The number of piperidine rings is 2. The first-order valence-corrected chi connectivity index (χ1v) is 8.25. The standard InChI is InChI=1S/C18H26N2O2/c1-19-17(21)5-3-10-18(19)11-4-12-20(14-18)13-15-6-8-16(22-2)9-7-15/h6-9H,3-5,10-14H2,1-2H3/t18-/m1/s1. The van der Waals surface area contributed by atoms with Gasteiger partial charge in [0.05, 0.1) is 12.6 Å². The SMILES string of the molecule is COc1ccc(CN2CCC[C@]3(CCCC(=O)N3C)C2)cc1. The number of ether oxygens (including phenoxy) is 1. The normalized spacial score (nSPS) is 26.5. The van der Waals surface area contributed by atoms with Gasteiger partial charge in [0, 0.05) is 26.6 Å². The second kappa shape index (κ2) is 6.29. The summed E-state index contributed by atoms with van der Waals surface area (Å²) in [6.45, 7) is 3.07. The molecule has 120 valence electrons. The Morgan fingerprint density at radius 3 is 2.64 bits per heavy atom. The van der Waals surface area contributed by atoms with Crippen LogP contribution in [0.3, 0.4) is 0 Å². The van der Waals surface area contributed by atoms with E-state index in [2.05, 4.69) is 17.0 Å². The molecule has 1 aromatic carbocycles. The zero-order valence-electron chi connectivity index (χ0n) is 13.7. The maximum absolute atomic E-state index is 12.1. The van der Waals surface area contributed by atoms with Crippen molar-refractivity contribution in [1.82, 2.24) is 9.80 Å². The van der Waals surface area contributed by atoms with E-state index in [1.54, 1.807) is 7.11 Å². The minimum absolute atomic E-state index is 0.0695. The van der Waals surface area contributed by atoms with Crippen LogP contribution in [0.4, 0.5) is 0 Å². The van der Waals surface area contributed by atoms with Crippen molar-refractivity contribution in [1.29, 1.82) is 0 Å². The van der Waals surface area contributed by atoms with E-state index in [9.17, 15) is 4.79 Å². The van der Waals surface area contributed by atoms with E-state index < -0.39 is 0 Å².